The van der Waals surface area contributed by atoms with E-state index in [-0.39, 0.29) is 46.0 Å². The molecular formula is C19H21NO4S. The first kappa shape index (κ1) is 17.6. The van der Waals surface area contributed by atoms with E-state index in [0.29, 0.717) is 17.7 Å². The van der Waals surface area contributed by atoms with Crippen molar-refractivity contribution in [2.24, 2.45) is 5.41 Å². The number of carbonyl (C=O) groups is 2. The van der Waals surface area contributed by atoms with Crippen molar-refractivity contribution >= 4 is 38.9 Å². The zero-order chi connectivity index (χ0) is 18.5. The molecule has 0 unspecified atom stereocenters. The van der Waals surface area contributed by atoms with Crippen molar-refractivity contribution in [3.05, 3.63) is 38.5 Å². The lowest BCUT2D eigenvalue weighted by atomic mass is 9.73. The predicted octanol–water partition coefficient (Wildman–Crippen LogP) is 3.62. The summed E-state index contributed by atoms with van der Waals surface area (Å²) in [5, 5.41) is 10.7. The van der Waals surface area contributed by atoms with Crippen LogP contribution in [-0.4, -0.2) is 21.2 Å². The Bertz CT molecular complexity index is 969. The number of nitrogens with zero attached hydrogens (tertiary/aromatic N) is 1. The molecule has 1 aromatic carbocycles. The number of aliphatic hydroxyl groups is 1. The fourth-order valence-corrected chi connectivity index (χ4v) is 4.55. The average molecular weight is 359 g/mol. The Morgan fingerprint density at radius 1 is 1.20 bits per heavy atom. The Kier molecular flexibility index (Phi) is 4.19. The van der Waals surface area contributed by atoms with E-state index in [1.807, 2.05) is 20.8 Å². The number of fused-ring (bicyclic) bond motifs is 1. The topological polar surface area (TPSA) is 76.4 Å². The molecule has 1 aliphatic rings. The highest BCUT2D eigenvalue weighted by atomic mass is 32.1. The Balaban J connectivity index is 2.22. The van der Waals surface area contributed by atoms with Crippen LogP contribution in [0.2, 0.25) is 0 Å². The molecule has 0 saturated heterocycles. The minimum Gasteiger partial charge on any atom is -0.506 e. The van der Waals surface area contributed by atoms with Gasteiger partial charge in [0.1, 0.15) is 11.3 Å². The summed E-state index contributed by atoms with van der Waals surface area (Å²) in [6.07, 6.45) is 0.467. The number of hydrogen-bond acceptors (Lipinski definition) is 5. The maximum Gasteiger partial charge on any atom is 0.308 e. The Labute approximate surface area is 149 Å². The third-order valence-corrected chi connectivity index (χ3v) is 5.67. The summed E-state index contributed by atoms with van der Waals surface area (Å²) >= 11 is 1.15. The number of ketones is 2. The van der Waals surface area contributed by atoms with Crippen molar-refractivity contribution in [1.29, 1.82) is 0 Å². The lowest BCUT2D eigenvalue weighted by Crippen LogP contribution is -2.32. The Hall–Kier alpha value is -2.21. The maximum atomic E-state index is 12.4. The van der Waals surface area contributed by atoms with E-state index >= 15 is 0 Å². The number of rotatable bonds is 2. The van der Waals surface area contributed by atoms with Gasteiger partial charge in [0.15, 0.2) is 11.6 Å². The minimum atomic E-state index is -0.382. The number of aryl methyl sites for hydroxylation is 2. The second kappa shape index (κ2) is 5.95. The summed E-state index contributed by atoms with van der Waals surface area (Å²) in [4.78, 5) is 36.9. The molecule has 0 bridgehead atoms. The first-order valence-electron chi connectivity index (χ1n) is 8.29. The highest BCUT2D eigenvalue weighted by Gasteiger charge is 2.38. The molecule has 6 heteroatoms. The molecule has 1 aliphatic carbocycles. The zero-order valence-corrected chi connectivity index (χ0v) is 15.6. The number of benzene rings is 1. The highest BCUT2D eigenvalue weighted by Crippen LogP contribution is 2.37. The summed E-state index contributed by atoms with van der Waals surface area (Å²) in [6, 6.07) is 3.44. The molecule has 0 atom stereocenters. The number of aromatic nitrogens is 1. The van der Waals surface area contributed by atoms with Crippen LogP contribution in [0.5, 0.6) is 0 Å². The maximum absolute atomic E-state index is 12.4. The SMILES string of the molecule is CCn1c(=O)sc2ccc(C(O)=C3C(=O)CC(C)(C)CC3=O)c(C)c21. The van der Waals surface area contributed by atoms with Crippen LogP contribution in [0.1, 0.15) is 44.7 Å². The van der Waals surface area contributed by atoms with Gasteiger partial charge >= 0.3 is 4.87 Å². The molecule has 0 radical (unpaired) electrons. The zero-order valence-electron chi connectivity index (χ0n) is 14.8. The summed E-state index contributed by atoms with van der Waals surface area (Å²) in [5.74, 6) is -0.918. The number of allylic oxidation sites excluding steroid dienone is 1. The van der Waals surface area contributed by atoms with Crippen molar-refractivity contribution in [1.82, 2.24) is 4.57 Å². The van der Waals surface area contributed by atoms with E-state index in [1.54, 1.807) is 23.6 Å². The van der Waals surface area contributed by atoms with E-state index < -0.39 is 0 Å². The average Bonchev–Trinajstić information content (AvgIpc) is 2.81. The molecule has 1 heterocycles. The lowest BCUT2D eigenvalue weighted by molar-refractivity contribution is -0.127. The molecule has 1 saturated carbocycles. The molecule has 2 aromatic rings. The number of Topliss-reactive ketones (excluding diaryl/α,β-unsaturated/α-hetero) is 2. The van der Waals surface area contributed by atoms with Gasteiger partial charge in [-0.25, -0.2) is 0 Å². The molecule has 1 N–H and O–H groups in total. The molecule has 3 rings (SSSR count). The summed E-state index contributed by atoms with van der Waals surface area (Å²) in [6.45, 7) is 7.95. The number of carbonyl (C=O) groups excluding carboxylic acids is 2. The fourth-order valence-electron chi connectivity index (χ4n) is 3.54. The van der Waals surface area contributed by atoms with Crippen molar-refractivity contribution < 1.29 is 14.7 Å². The summed E-state index contributed by atoms with van der Waals surface area (Å²) in [7, 11) is 0. The van der Waals surface area contributed by atoms with Gasteiger partial charge in [0.05, 0.1) is 10.2 Å². The molecule has 1 aromatic heterocycles. The summed E-state index contributed by atoms with van der Waals surface area (Å²) < 4.78 is 2.47. The molecule has 5 nitrogen and oxygen atoms in total. The van der Waals surface area contributed by atoms with Gasteiger partial charge in [-0.2, -0.15) is 0 Å². The molecular weight excluding hydrogens is 338 g/mol. The normalized spacial score (nSPS) is 17.4. The van der Waals surface area contributed by atoms with Crippen LogP contribution < -0.4 is 4.87 Å². The minimum absolute atomic E-state index is 0.0588. The van der Waals surface area contributed by atoms with E-state index in [1.165, 1.54) is 0 Å². The lowest BCUT2D eigenvalue weighted by Gasteiger charge is -2.29. The second-order valence-electron chi connectivity index (χ2n) is 7.28. The Morgan fingerprint density at radius 2 is 1.80 bits per heavy atom. The first-order chi connectivity index (χ1) is 11.7. The standard InChI is InChI=1S/C19H21NO4S/c1-5-20-16-10(2)11(6-7-14(16)25-18(20)24)17(23)15-12(21)8-19(3,4)9-13(15)22/h6-7,23H,5,8-9H2,1-4H3. The molecule has 0 aliphatic heterocycles. The largest absolute Gasteiger partial charge is 0.506 e. The third-order valence-electron chi connectivity index (χ3n) is 4.73. The van der Waals surface area contributed by atoms with Crippen LogP contribution in [0.3, 0.4) is 0 Å². The van der Waals surface area contributed by atoms with Gasteiger partial charge in [-0.15, -0.1) is 0 Å². The van der Waals surface area contributed by atoms with E-state index in [2.05, 4.69) is 0 Å². The van der Waals surface area contributed by atoms with Crippen LogP contribution >= 0.6 is 11.3 Å². The van der Waals surface area contributed by atoms with E-state index in [4.69, 9.17) is 0 Å². The first-order valence-corrected chi connectivity index (χ1v) is 9.11. The predicted molar refractivity (Wildman–Crippen MR) is 99.1 cm³/mol. The van der Waals surface area contributed by atoms with Gasteiger partial charge in [0.25, 0.3) is 0 Å². The summed E-state index contributed by atoms with van der Waals surface area (Å²) in [5.41, 5.74) is 1.39. The van der Waals surface area contributed by atoms with Crippen LogP contribution in [0.4, 0.5) is 0 Å². The quantitative estimate of drug-likeness (QED) is 0.505. The van der Waals surface area contributed by atoms with Crippen molar-refractivity contribution in [3.63, 3.8) is 0 Å². The fraction of sp³-hybridized carbons (Fsp3) is 0.421. The molecule has 25 heavy (non-hydrogen) atoms. The monoisotopic (exact) mass is 359 g/mol. The molecule has 0 spiro atoms. The van der Waals surface area contributed by atoms with Crippen LogP contribution in [0.25, 0.3) is 16.0 Å². The third kappa shape index (κ3) is 2.84. The van der Waals surface area contributed by atoms with Crippen molar-refractivity contribution in [3.8, 4) is 0 Å². The molecule has 132 valence electrons. The smallest absolute Gasteiger partial charge is 0.308 e. The number of aliphatic hydroxyl groups excluding tert-OH is 1. The van der Waals surface area contributed by atoms with Gasteiger partial charge in [-0.05, 0) is 37.0 Å². The van der Waals surface area contributed by atoms with Crippen molar-refractivity contribution in [2.45, 2.75) is 47.1 Å². The van der Waals surface area contributed by atoms with E-state index in [9.17, 15) is 19.5 Å². The molecule has 1 fully saturated rings. The van der Waals surface area contributed by atoms with Crippen LogP contribution in [-0.2, 0) is 16.1 Å². The second-order valence-corrected chi connectivity index (χ2v) is 8.28. The number of hydrogen-bond donors (Lipinski definition) is 1. The van der Waals surface area contributed by atoms with Crippen molar-refractivity contribution in [2.75, 3.05) is 0 Å². The van der Waals surface area contributed by atoms with Gasteiger partial charge in [-0.3, -0.25) is 19.0 Å². The van der Waals surface area contributed by atoms with Crippen LogP contribution in [0, 0.1) is 12.3 Å². The van der Waals surface area contributed by atoms with Crippen LogP contribution in [0.15, 0.2) is 22.5 Å². The van der Waals surface area contributed by atoms with E-state index in [0.717, 1.165) is 21.6 Å². The van der Waals surface area contributed by atoms with Gasteiger partial charge in [0.2, 0.25) is 0 Å². The van der Waals surface area contributed by atoms with Gasteiger partial charge in [0, 0.05) is 24.9 Å². The number of thiazole rings is 1. The Morgan fingerprint density at radius 3 is 2.36 bits per heavy atom. The van der Waals surface area contributed by atoms with Gasteiger partial charge < -0.3 is 5.11 Å². The van der Waals surface area contributed by atoms with Gasteiger partial charge in [-0.1, -0.05) is 25.2 Å². The highest BCUT2D eigenvalue weighted by molar-refractivity contribution is 7.16. The molecule has 0 amide bonds.